The number of nitrogens with zero attached hydrogens (tertiary/aromatic N) is 1. The van der Waals surface area contributed by atoms with E-state index >= 15 is 0 Å². The van der Waals surface area contributed by atoms with Crippen molar-refractivity contribution in [2.75, 3.05) is 6.61 Å². The van der Waals surface area contributed by atoms with E-state index in [0.29, 0.717) is 5.56 Å². The highest BCUT2D eigenvalue weighted by Gasteiger charge is 2.31. The van der Waals surface area contributed by atoms with Crippen molar-refractivity contribution in [1.29, 1.82) is 0 Å². The number of benzene rings is 1. The molecule has 0 fully saturated rings. The molecule has 0 aliphatic heterocycles. The summed E-state index contributed by atoms with van der Waals surface area (Å²) in [5.41, 5.74) is 9.12. The summed E-state index contributed by atoms with van der Waals surface area (Å²) in [6, 6.07) is 6.85. The van der Waals surface area contributed by atoms with Crippen LogP contribution >= 0.6 is 0 Å². The highest BCUT2D eigenvalue weighted by atomic mass is 16.5. The zero-order valence-corrected chi connectivity index (χ0v) is 8.84. The summed E-state index contributed by atoms with van der Waals surface area (Å²) in [6.07, 6.45) is 0. The van der Waals surface area contributed by atoms with Gasteiger partial charge in [-0.15, -0.1) is 0 Å². The topological polar surface area (TPSA) is 79.6 Å². The molecule has 1 N–H and O–H groups in total. The normalized spacial score (nSPS) is 11.6. The molecular weight excluding hydrogens is 208 g/mol. The average Bonchev–Trinajstić information content (AvgIpc) is 2.31. The Balaban J connectivity index is 2.86. The minimum absolute atomic E-state index is 0.152. The van der Waals surface area contributed by atoms with Crippen LogP contribution in [-0.4, -0.2) is 24.4 Å². The smallest absolute Gasteiger partial charge is 0.383 e. The van der Waals surface area contributed by atoms with Gasteiger partial charge in [-0.05, 0) is 6.92 Å². The Labute approximate surface area is 92.9 Å². The van der Waals surface area contributed by atoms with Gasteiger partial charge in [0.2, 0.25) is 5.78 Å². The fourth-order valence-corrected chi connectivity index (χ4v) is 1.21. The van der Waals surface area contributed by atoms with E-state index in [9.17, 15) is 9.59 Å². The van der Waals surface area contributed by atoms with Crippen LogP contribution in [0.3, 0.4) is 0 Å². The standard InChI is InChI=1S/C11H12N2O3/c1-2-16-11(15)9(13-12)10(14)8-6-4-3-5-7-8/h3-7,9,13H,2H2,1H3. The van der Waals surface area contributed by atoms with Crippen molar-refractivity contribution in [3.05, 3.63) is 41.4 Å². The van der Waals surface area contributed by atoms with Gasteiger partial charge in [-0.3, -0.25) is 4.79 Å². The number of esters is 1. The van der Waals surface area contributed by atoms with E-state index in [1.807, 2.05) is 0 Å². The third-order valence-corrected chi connectivity index (χ3v) is 1.97. The molecule has 0 saturated heterocycles. The molecule has 1 unspecified atom stereocenters. The Hall–Kier alpha value is -2.04. The molecule has 0 aliphatic rings. The lowest BCUT2D eigenvalue weighted by Crippen LogP contribution is -2.77. The first-order valence-electron chi connectivity index (χ1n) is 4.86. The van der Waals surface area contributed by atoms with Gasteiger partial charge in [0.15, 0.2) is 0 Å². The van der Waals surface area contributed by atoms with Gasteiger partial charge in [0, 0.05) is 5.56 Å². The van der Waals surface area contributed by atoms with Gasteiger partial charge in [-0.2, -0.15) is 0 Å². The number of hydrogen-bond donors (Lipinski definition) is 1. The fraction of sp³-hybridized carbons (Fsp3) is 0.273. The molecule has 0 amide bonds. The van der Waals surface area contributed by atoms with Crippen LogP contribution in [0.15, 0.2) is 30.3 Å². The highest BCUT2D eigenvalue weighted by molar-refractivity contribution is 6.10. The molecule has 16 heavy (non-hydrogen) atoms. The molecule has 0 saturated carbocycles. The van der Waals surface area contributed by atoms with E-state index in [4.69, 9.17) is 5.53 Å². The minimum atomic E-state index is -1.37. The second-order valence-corrected chi connectivity index (χ2v) is 3.04. The SMILES string of the molecule is CCOC(=O)C([NH+]=[N-])C(=O)c1ccccc1. The maximum Gasteiger partial charge on any atom is 0.383 e. The van der Waals surface area contributed by atoms with Crippen LogP contribution in [0.2, 0.25) is 0 Å². The Morgan fingerprint density at radius 3 is 2.50 bits per heavy atom. The van der Waals surface area contributed by atoms with Crippen LogP contribution in [0.1, 0.15) is 17.3 Å². The lowest BCUT2D eigenvalue weighted by molar-refractivity contribution is -0.495. The van der Waals surface area contributed by atoms with E-state index in [0.717, 1.165) is 0 Å². The number of carbonyl (C=O) groups is 2. The van der Waals surface area contributed by atoms with Crippen molar-refractivity contribution in [3.8, 4) is 0 Å². The predicted molar refractivity (Wildman–Crippen MR) is 55.5 cm³/mol. The number of hydrogen-bond acceptors (Lipinski definition) is 3. The lowest BCUT2D eigenvalue weighted by atomic mass is 10.1. The molecule has 1 aromatic carbocycles. The van der Waals surface area contributed by atoms with E-state index in [1.54, 1.807) is 42.4 Å². The molecule has 0 bridgehead atoms. The summed E-state index contributed by atoms with van der Waals surface area (Å²) in [5.74, 6) is -1.32. The van der Waals surface area contributed by atoms with Crippen molar-refractivity contribution in [2.45, 2.75) is 13.0 Å². The maximum absolute atomic E-state index is 11.8. The largest absolute Gasteiger partial charge is 0.507 e. The molecule has 0 heterocycles. The van der Waals surface area contributed by atoms with Gasteiger partial charge in [0.05, 0.1) is 6.61 Å². The summed E-state index contributed by atoms with van der Waals surface area (Å²) < 4.78 is 4.66. The van der Waals surface area contributed by atoms with E-state index in [1.165, 1.54) is 0 Å². The Morgan fingerprint density at radius 2 is 2.00 bits per heavy atom. The molecule has 5 nitrogen and oxygen atoms in total. The molecule has 5 heteroatoms. The Morgan fingerprint density at radius 1 is 1.38 bits per heavy atom. The zero-order valence-electron chi connectivity index (χ0n) is 8.84. The second kappa shape index (κ2) is 5.75. The first-order chi connectivity index (χ1) is 7.70. The first kappa shape index (κ1) is 12.0. The van der Waals surface area contributed by atoms with Crippen LogP contribution in [0, 0.1) is 0 Å². The van der Waals surface area contributed by atoms with E-state index in [-0.39, 0.29) is 6.61 Å². The van der Waals surface area contributed by atoms with Gasteiger partial charge in [-0.25, -0.2) is 4.79 Å². The molecule has 0 aromatic heterocycles. The summed E-state index contributed by atoms with van der Waals surface area (Å²) in [5, 5.41) is 1.66. The van der Waals surface area contributed by atoms with Crippen molar-refractivity contribution in [1.82, 2.24) is 0 Å². The molecule has 84 valence electrons. The van der Waals surface area contributed by atoms with Crippen LogP contribution in [0.5, 0.6) is 0 Å². The van der Waals surface area contributed by atoms with Crippen LogP contribution in [0.25, 0.3) is 5.53 Å². The van der Waals surface area contributed by atoms with E-state index in [2.05, 4.69) is 4.74 Å². The van der Waals surface area contributed by atoms with Crippen molar-refractivity contribution in [2.24, 2.45) is 0 Å². The van der Waals surface area contributed by atoms with Crippen molar-refractivity contribution in [3.63, 3.8) is 0 Å². The molecule has 0 aliphatic carbocycles. The number of Topliss-reactive ketones (excluding diaryl/α,β-unsaturated/α-hetero) is 1. The van der Waals surface area contributed by atoms with Gasteiger partial charge in [0.25, 0.3) is 0 Å². The van der Waals surface area contributed by atoms with Gasteiger partial charge in [0.1, 0.15) is 0 Å². The number of ether oxygens (including phenoxy) is 1. The first-order valence-corrected chi connectivity index (χ1v) is 4.86. The van der Waals surface area contributed by atoms with Gasteiger partial charge in [-0.1, -0.05) is 30.3 Å². The number of ketones is 1. The van der Waals surface area contributed by atoms with Gasteiger partial charge >= 0.3 is 12.0 Å². The molecule has 1 aromatic rings. The number of carbonyl (C=O) groups excluding carboxylic acids is 2. The number of nitrogens with one attached hydrogen (secondary N) is 1. The van der Waals surface area contributed by atoms with Crippen molar-refractivity contribution < 1.29 is 19.4 Å². The van der Waals surface area contributed by atoms with Gasteiger partial charge < -0.3 is 15.4 Å². The molecule has 0 radical (unpaired) electrons. The molecule has 1 atom stereocenters. The fourth-order valence-electron chi connectivity index (χ4n) is 1.21. The lowest BCUT2D eigenvalue weighted by Gasteiger charge is -2.07. The summed E-state index contributed by atoms with van der Waals surface area (Å²) in [7, 11) is 0. The predicted octanol–water partition coefficient (Wildman–Crippen LogP) is -0.0968. The van der Waals surface area contributed by atoms with Crippen LogP contribution in [0.4, 0.5) is 0 Å². The monoisotopic (exact) mass is 220 g/mol. The van der Waals surface area contributed by atoms with Crippen LogP contribution in [-0.2, 0) is 9.53 Å². The number of rotatable bonds is 5. The summed E-state index contributed by atoms with van der Waals surface area (Å²) in [6.45, 7) is 1.78. The van der Waals surface area contributed by atoms with Crippen LogP contribution < -0.4 is 5.11 Å². The molecule has 0 spiro atoms. The van der Waals surface area contributed by atoms with E-state index < -0.39 is 17.8 Å². The minimum Gasteiger partial charge on any atom is -0.507 e. The second-order valence-electron chi connectivity index (χ2n) is 3.04. The average molecular weight is 220 g/mol. The molecule has 1 rings (SSSR count). The molecular formula is C11H12N2O3. The maximum atomic E-state index is 11.8. The quantitative estimate of drug-likeness (QED) is 0.326. The summed E-state index contributed by atoms with van der Waals surface area (Å²) in [4.78, 5) is 23.1. The summed E-state index contributed by atoms with van der Waals surface area (Å²) >= 11 is 0. The van der Waals surface area contributed by atoms with Crippen molar-refractivity contribution >= 4 is 11.8 Å². The highest BCUT2D eigenvalue weighted by Crippen LogP contribution is 2.02. The Bertz CT molecular complexity index is 389. The Kier molecular flexibility index (Phi) is 4.32. The third kappa shape index (κ3) is 2.73. The third-order valence-electron chi connectivity index (χ3n) is 1.97. The zero-order chi connectivity index (χ0) is 12.0.